The lowest BCUT2D eigenvalue weighted by molar-refractivity contribution is -0.137. The summed E-state index contributed by atoms with van der Waals surface area (Å²) in [5, 5.41) is 9.62. The molecule has 0 radical (unpaired) electrons. The first-order valence-corrected chi connectivity index (χ1v) is 10.3. The van der Waals surface area contributed by atoms with Crippen molar-refractivity contribution in [3.05, 3.63) is 82.0 Å². The molecule has 2 aromatic heterocycles. The van der Waals surface area contributed by atoms with Crippen LogP contribution in [-0.2, 0) is 11.9 Å². The van der Waals surface area contributed by atoms with Crippen molar-refractivity contribution >= 4 is 35.0 Å². The van der Waals surface area contributed by atoms with E-state index in [1.807, 2.05) is 0 Å². The van der Waals surface area contributed by atoms with Gasteiger partial charge in [-0.25, -0.2) is 0 Å². The molecule has 4 aromatic rings. The normalized spacial score (nSPS) is 11.8. The zero-order valence-corrected chi connectivity index (χ0v) is 17.4. The molecule has 2 aromatic carbocycles. The third-order valence-corrected chi connectivity index (χ3v) is 5.90. The first-order valence-electron chi connectivity index (χ1n) is 8.56. The molecule has 0 saturated carbocycles. The van der Waals surface area contributed by atoms with E-state index in [2.05, 4.69) is 10.2 Å². The van der Waals surface area contributed by atoms with Gasteiger partial charge in [-0.2, -0.15) is 13.2 Å². The average molecular weight is 470 g/mol. The van der Waals surface area contributed by atoms with Crippen molar-refractivity contribution in [1.29, 1.82) is 0 Å². The van der Waals surface area contributed by atoms with Crippen molar-refractivity contribution in [3.63, 3.8) is 0 Å². The van der Waals surface area contributed by atoms with Gasteiger partial charge in [0.25, 0.3) is 0 Å². The summed E-state index contributed by atoms with van der Waals surface area (Å²) in [6.45, 7) is 0. The largest absolute Gasteiger partial charge is 0.461 e. The van der Waals surface area contributed by atoms with Crippen LogP contribution in [0, 0.1) is 0 Å². The molecular weight excluding hydrogens is 458 g/mol. The van der Waals surface area contributed by atoms with E-state index < -0.39 is 11.7 Å². The van der Waals surface area contributed by atoms with Crippen LogP contribution in [0.15, 0.2) is 70.4 Å². The predicted octanol–water partition coefficient (Wildman–Crippen LogP) is 7.15. The summed E-state index contributed by atoms with van der Waals surface area (Å²) in [6, 6.07) is 13.7. The quantitative estimate of drug-likeness (QED) is 0.291. The second kappa shape index (κ2) is 8.37. The molecule has 0 fully saturated rings. The highest BCUT2D eigenvalue weighted by atomic mass is 35.5. The van der Waals surface area contributed by atoms with E-state index in [9.17, 15) is 13.2 Å². The minimum absolute atomic E-state index is 0.265. The van der Waals surface area contributed by atoms with Crippen LogP contribution in [0.25, 0.3) is 17.3 Å². The van der Waals surface area contributed by atoms with Gasteiger partial charge in [0.15, 0.2) is 10.9 Å². The molecule has 0 atom stereocenters. The Morgan fingerprint density at radius 2 is 1.80 bits per heavy atom. The number of hydrogen-bond donors (Lipinski definition) is 0. The highest BCUT2D eigenvalue weighted by Gasteiger charge is 2.30. The van der Waals surface area contributed by atoms with E-state index in [1.54, 1.807) is 41.0 Å². The fourth-order valence-electron chi connectivity index (χ4n) is 2.77. The smallest absolute Gasteiger partial charge is 0.416 e. The average Bonchev–Trinajstić information content (AvgIpc) is 3.37. The Morgan fingerprint density at radius 1 is 0.967 bits per heavy atom. The molecule has 0 N–H and O–H groups in total. The van der Waals surface area contributed by atoms with Crippen molar-refractivity contribution in [1.82, 2.24) is 14.8 Å². The van der Waals surface area contributed by atoms with E-state index in [0.29, 0.717) is 38.0 Å². The lowest BCUT2D eigenvalue weighted by atomic mass is 10.1. The van der Waals surface area contributed by atoms with Gasteiger partial charge in [-0.3, -0.25) is 4.57 Å². The van der Waals surface area contributed by atoms with Crippen molar-refractivity contribution in [2.45, 2.75) is 17.1 Å². The van der Waals surface area contributed by atoms with Gasteiger partial charge in [0.1, 0.15) is 0 Å². The molecule has 0 aliphatic carbocycles. The third-order valence-electron chi connectivity index (χ3n) is 4.16. The number of halogens is 5. The van der Waals surface area contributed by atoms with Crippen molar-refractivity contribution in [2.24, 2.45) is 0 Å². The Kier molecular flexibility index (Phi) is 5.81. The van der Waals surface area contributed by atoms with Crippen LogP contribution in [0.2, 0.25) is 10.0 Å². The Morgan fingerprint density at radius 3 is 2.50 bits per heavy atom. The van der Waals surface area contributed by atoms with Gasteiger partial charge in [0, 0.05) is 5.75 Å². The maximum Gasteiger partial charge on any atom is 0.416 e. The van der Waals surface area contributed by atoms with Gasteiger partial charge in [0.05, 0.1) is 27.6 Å². The molecule has 10 heteroatoms. The maximum atomic E-state index is 13.0. The van der Waals surface area contributed by atoms with Crippen molar-refractivity contribution in [3.8, 4) is 17.3 Å². The third kappa shape index (κ3) is 4.35. The molecule has 0 saturated heterocycles. The van der Waals surface area contributed by atoms with Gasteiger partial charge >= 0.3 is 6.18 Å². The highest BCUT2D eigenvalue weighted by molar-refractivity contribution is 7.98. The fraction of sp³-hybridized carbons (Fsp3) is 0.100. The molecule has 30 heavy (non-hydrogen) atoms. The van der Waals surface area contributed by atoms with Crippen molar-refractivity contribution < 1.29 is 17.6 Å². The van der Waals surface area contributed by atoms with Gasteiger partial charge in [-0.1, -0.05) is 53.2 Å². The molecule has 0 aliphatic rings. The molecule has 154 valence electrons. The second-order valence-corrected chi connectivity index (χ2v) is 7.96. The number of nitrogens with zero attached hydrogens (tertiary/aromatic N) is 3. The Bertz CT molecular complexity index is 1180. The van der Waals surface area contributed by atoms with Crippen LogP contribution in [0.5, 0.6) is 0 Å². The molecule has 4 rings (SSSR count). The minimum atomic E-state index is -4.40. The van der Waals surface area contributed by atoms with E-state index in [4.69, 9.17) is 27.6 Å². The van der Waals surface area contributed by atoms with Gasteiger partial charge < -0.3 is 4.42 Å². The number of furan rings is 1. The van der Waals surface area contributed by atoms with E-state index in [0.717, 1.165) is 12.1 Å². The summed E-state index contributed by atoms with van der Waals surface area (Å²) in [5.74, 6) is 1.19. The SMILES string of the molecule is FC(F)(F)c1cccc(CSc2nnc(-c3ccco3)n2-c2ccc(Cl)c(Cl)c2)c1. The first kappa shape index (κ1) is 20.8. The number of aromatic nitrogens is 3. The lowest BCUT2D eigenvalue weighted by Crippen LogP contribution is -2.05. The highest BCUT2D eigenvalue weighted by Crippen LogP contribution is 2.34. The molecule has 4 nitrogen and oxygen atoms in total. The lowest BCUT2D eigenvalue weighted by Gasteiger charge is -2.11. The van der Waals surface area contributed by atoms with Gasteiger partial charge in [-0.05, 0) is 42.0 Å². The van der Waals surface area contributed by atoms with Crippen molar-refractivity contribution in [2.75, 3.05) is 0 Å². The molecule has 0 amide bonds. The zero-order valence-electron chi connectivity index (χ0n) is 15.0. The summed E-state index contributed by atoms with van der Waals surface area (Å²) >= 11 is 13.4. The second-order valence-electron chi connectivity index (χ2n) is 6.20. The van der Waals surface area contributed by atoms with Gasteiger partial charge in [0.2, 0.25) is 5.82 Å². The summed E-state index contributed by atoms with van der Waals surface area (Å²) < 4.78 is 46.1. The number of thioether (sulfide) groups is 1. The molecule has 0 bridgehead atoms. The van der Waals surface area contributed by atoms with Crippen LogP contribution in [0.4, 0.5) is 13.2 Å². The predicted molar refractivity (Wildman–Crippen MR) is 110 cm³/mol. The first-order chi connectivity index (χ1) is 14.3. The molecule has 2 heterocycles. The Hall–Kier alpha value is -2.42. The van der Waals surface area contributed by atoms with Crippen LogP contribution in [-0.4, -0.2) is 14.8 Å². The molecule has 0 unspecified atom stereocenters. The Labute approximate surface area is 183 Å². The van der Waals surface area contributed by atoms with Crippen LogP contribution < -0.4 is 0 Å². The van der Waals surface area contributed by atoms with E-state index in [-0.39, 0.29) is 5.75 Å². The van der Waals surface area contributed by atoms with Crippen LogP contribution >= 0.6 is 35.0 Å². The number of hydrogen-bond acceptors (Lipinski definition) is 4. The summed E-state index contributed by atoms with van der Waals surface area (Å²) in [5.41, 5.74) is 0.466. The minimum Gasteiger partial charge on any atom is -0.461 e. The zero-order chi connectivity index (χ0) is 21.3. The van der Waals surface area contributed by atoms with Crippen LogP contribution in [0.1, 0.15) is 11.1 Å². The van der Waals surface area contributed by atoms with E-state index in [1.165, 1.54) is 24.1 Å². The van der Waals surface area contributed by atoms with Crippen LogP contribution in [0.3, 0.4) is 0 Å². The van der Waals surface area contributed by atoms with E-state index >= 15 is 0 Å². The standard InChI is InChI=1S/C20H12Cl2F3N3OS/c21-15-7-6-14(10-16(15)22)28-18(17-5-2-8-29-17)26-27-19(28)30-11-12-3-1-4-13(9-12)20(23,24)25/h1-10H,11H2. The monoisotopic (exact) mass is 469 g/mol. The van der Waals surface area contributed by atoms with Gasteiger partial charge in [-0.15, -0.1) is 10.2 Å². The summed E-state index contributed by atoms with van der Waals surface area (Å²) in [4.78, 5) is 0. The molecule has 0 spiro atoms. The maximum absolute atomic E-state index is 13.0. The number of alkyl halides is 3. The summed E-state index contributed by atoms with van der Waals surface area (Å²) in [7, 11) is 0. The topological polar surface area (TPSA) is 43.9 Å². The number of benzene rings is 2. The molecule has 0 aliphatic heterocycles. The summed E-state index contributed by atoms with van der Waals surface area (Å²) in [6.07, 6.45) is -2.88. The number of rotatable bonds is 5. The molecular formula is C20H12Cl2F3N3OS. The fourth-order valence-corrected chi connectivity index (χ4v) is 3.96. The Balaban J connectivity index is 1.69.